The second kappa shape index (κ2) is 3.07. The molecular weight excluding hydrogens is 235 g/mol. The number of rotatable bonds is 0. The highest BCUT2D eigenvalue weighted by Crippen LogP contribution is 2.42. The van der Waals surface area contributed by atoms with Gasteiger partial charge in [0.15, 0.2) is 0 Å². The molecule has 0 saturated carbocycles. The van der Waals surface area contributed by atoms with Gasteiger partial charge in [-0.25, -0.2) is 4.39 Å². The first-order chi connectivity index (χ1) is 6.09. The molecular formula is C10H10BrFO. The standard InChI is InChI=1S/C10H10BrFO/c1-5-2-9(13)10-7(5)3-6(11)4-8(10)12/h3-5,9,13H,2H2,1H3. The van der Waals surface area contributed by atoms with Crippen molar-refractivity contribution >= 4 is 15.9 Å². The molecule has 0 bridgehead atoms. The highest BCUT2D eigenvalue weighted by molar-refractivity contribution is 9.10. The van der Waals surface area contributed by atoms with Crippen molar-refractivity contribution in [1.82, 2.24) is 0 Å². The van der Waals surface area contributed by atoms with Crippen LogP contribution >= 0.6 is 15.9 Å². The summed E-state index contributed by atoms with van der Waals surface area (Å²) in [4.78, 5) is 0. The quantitative estimate of drug-likeness (QED) is 0.744. The average Bonchev–Trinajstić information content (AvgIpc) is 2.27. The van der Waals surface area contributed by atoms with Gasteiger partial charge in [-0.05, 0) is 30.0 Å². The summed E-state index contributed by atoms with van der Waals surface area (Å²) in [7, 11) is 0. The van der Waals surface area contributed by atoms with Gasteiger partial charge < -0.3 is 5.11 Å². The third kappa shape index (κ3) is 1.40. The zero-order valence-corrected chi connectivity index (χ0v) is 8.81. The molecule has 0 spiro atoms. The van der Waals surface area contributed by atoms with Crippen LogP contribution in [-0.2, 0) is 0 Å². The predicted molar refractivity (Wildman–Crippen MR) is 52.1 cm³/mol. The number of aliphatic hydroxyl groups excluding tert-OH is 1. The maximum atomic E-state index is 13.4. The van der Waals surface area contributed by atoms with Gasteiger partial charge >= 0.3 is 0 Å². The molecule has 1 N–H and O–H groups in total. The Morgan fingerprint density at radius 3 is 2.92 bits per heavy atom. The van der Waals surface area contributed by atoms with E-state index in [1.165, 1.54) is 6.07 Å². The van der Waals surface area contributed by atoms with Crippen molar-refractivity contribution in [1.29, 1.82) is 0 Å². The lowest BCUT2D eigenvalue weighted by atomic mass is 10.0. The molecule has 1 aliphatic carbocycles. The smallest absolute Gasteiger partial charge is 0.130 e. The lowest BCUT2D eigenvalue weighted by Gasteiger charge is -2.06. The Morgan fingerprint density at radius 1 is 1.54 bits per heavy atom. The summed E-state index contributed by atoms with van der Waals surface area (Å²) in [6, 6.07) is 3.29. The van der Waals surface area contributed by atoms with Crippen LogP contribution in [0.5, 0.6) is 0 Å². The van der Waals surface area contributed by atoms with Gasteiger partial charge in [-0.3, -0.25) is 0 Å². The van der Waals surface area contributed by atoms with Crippen LogP contribution in [0, 0.1) is 5.82 Å². The van der Waals surface area contributed by atoms with Crippen molar-refractivity contribution in [3.8, 4) is 0 Å². The van der Waals surface area contributed by atoms with E-state index in [4.69, 9.17) is 0 Å². The number of halogens is 2. The maximum absolute atomic E-state index is 13.4. The number of fused-ring (bicyclic) bond motifs is 1. The first-order valence-corrected chi connectivity index (χ1v) is 5.06. The molecule has 1 aliphatic rings. The fourth-order valence-corrected chi connectivity index (χ4v) is 2.39. The summed E-state index contributed by atoms with van der Waals surface area (Å²) in [5.74, 6) is -0.0572. The third-order valence-corrected chi connectivity index (χ3v) is 3.03. The van der Waals surface area contributed by atoms with Gasteiger partial charge in [-0.15, -0.1) is 0 Å². The first-order valence-electron chi connectivity index (χ1n) is 4.26. The highest BCUT2D eigenvalue weighted by atomic mass is 79.9. The molecule has 13 heavy (non-hydrogen) atoms. The van der Waals surface area contributed by atoms with Crippen LogP contribution < -0.4 is 0 Å². The Labute approximate surface area is 84.7 Å². The van der Waals surface area contributed by atoms with Crippen LogP contribution in [0.1, 0.15) is 36.5 Å². The summed E-state index contributed by atoms with van der Waals surface area (Å²) in [5.41, 5.74) is 1.41. The molecule has 1 aromatic rings. The zero-order valence-electron chi connectivity index (χ0n) is 7.22. The Kier molecular flexibility index (Phi) is 2.16. The number of hydrogen-bond acceptors (Lipinski definition) is 1. The van der Waals surface area contributed by atoms with Gasteiger partial charge in [-0.2, -0.15) is 0 Å². The Morgan fingerprint density at radius 2 is 2.23 bits per heavy atom. The zero-order chi connectivity index (χ0) is 9.59. The summed E-state index contributed by atoms with van der Waals surface area (Å²) in [5, 5.41) is 9.57. The minimum Gasteiger partial charge on any atom is -0.388 e. The molecule has 1 nitrogen and oxygen atoms in total. The fourth-order valence-electron chi connectivity index (χ4n) is 1.94. The van der Waals surface area contributed by atoms with Gasteiger partial charge in [-0.1, -0.05) is 22.9 Å². The van der Waals surface area contributed by atoms with E-state index in [2.05, 4.69) is 15.9 Å². The molecule has 1 aromatic carbocycles. The summed E-state index contributed by atoms with van der Waals surface area (Å²) < 4.78 is 14.1. The minimum atomic E-state index is -0.627. The average molecular weight is 245 g/mol. The Hall–Kier alpha value is -0.410. The van der Waals surface area contributed by atoms with Crippen LogP contribution in [0.4, 0.5) is 4.39 Å². The second-order valence-electron chi connectivity index (χ2n) is 3.54. The van der Waals surface area contributed by atoms with E-state index in [1.54, 1.807) is 0 Å². The summed E-state index contributed by atoms with van der Waals surface area (Å²) in [6.45, 7) is 2.00. The molecule has 2 atom stereocenters. The predicted octanol–water partition coefficient (Wildman–Crippen LogP) is 3.13. The minimum absolute atomic E-state index is 0.247. The Bertz CT molecular complexity index is 351. The molecule has 70 valence electrons. The van der Waals surface area contributed by atoms with Gasteiger partial charge in [0.25, 0.3) is 0 Å². The van der Waals surface area contributed by atoms with Gasteiger partial charge in [0, 0.05) is 10.0 Å². The van der Waals surface area contributed by atoms with Gasteiger partial charge in [0.2, 0.25) is 0 Å². The number of aliphatic hydroxyl groups is 1. The summed E-state index contributed by atoms with van der Waals surface area (Å²) >= 11 is 3.24. The molecule has 2 rings (SSSR count). The highest BCUT2D eigenvalue weighted by Gasteiger charge is 2.29. The largest absolute Gasteiger partial charge is 0.388 e. The van der Waals surface area contributed by atoms with E-state index in [1.807, 2.05) is 13.0 Å². The van der Waals surface area contributed by atoms with Crippen molar-refractivity contribution in [2.24, 2.45) is 0 Å². The van der Waals surface area contributed by atoms with Crippen molar-refractivity contribution in [3.05, 3.63) is 33.5 Å². The molecule has 0 amide bonds. The number of benzene rings is 1. The molecule has 0 radical (unpaired) electrons. The van der Waals surface area contributed by atoms with Crippen LogP contribution in [-0.4, -0.2) is 5.11 Å². The molecule has 0 saturated heterocycles. The van der Waals surface area contributed by atoms with Crippen LogP contribution in [0.3, 0.4) is 0 Å². The van der Waals surface area contributed by atoms with Crippen molar-refractivity contribution < 1.29 is 9.50 Å². The second-order valence-corrected chi connectivity index (χ2v) is 4.46. The normalized spacial score (nSPS) is 26.2. The van der Waals surface area contributed by atoms with E-state index in [0.717, 1.165) is 10.0 Å². The maximum Gasteiger partial charge on any atom is 0.130 e. The van der Waals surface area contributed by atoms with Crippen molar-refractivity contribution in [3.63, 3.8) is 0 Å². The molecule has 0 aliphatic heterocycles. The van der Waals surface area contributed by atoms with E-state index in [9.17, 15) is 9.50 Å². The number of hydrogen-bond donors (Lipinski definition) is 1. The molecule has 0 heterocycles. The molecule has 2 unspecified atom stereocenters. The SMILES string of the molecule is CC1CC(O)c2c(F)cc(Br)cc21. The lowest BCUT2D eigenvalue weighted by molar-refractivity contribution is 0.170. The topological polar surface area (TPSA) is 20.2 Å². The van der Waals surface area contributed by atoms with Crippen LogP contribution in [0.2, 0.25) is 0 Å². The van der Waals surface area contributed by atoms with Crippen molar-refractivity contribution in [2.45, 2.75) is 25.4 Å². The van der Waals surface area contributed by atoms with Crippen LogP contribution in [0.25, 0.3) is 0 Å². The third-order valence-electron chi connectivity index (χ3n) is 2.57. The van der Waals surface area contributed by atoms with E-state index in [0.29, 0.717) is 12.0 Å². The first kappa shape index (κ1) is 9.16. The lowest BCUT2D eigenvalue weighted by Crippen LogP contribution is -1.94. The van der Waals surface area contributed by atoms with Crippen LogP contribution in [0.15, 0.2) is 16.6 Å². The van der Waals surface area contributed by atoms with Crippen molar-refractivity contribution in [2.75, 3.05) is 0 Å². The molecule has 0 fully saturated rings. The Balaban J connectivity index is 2.63. The van der Waals surface area contributed by atoms with E-state index >= 15 is 0 Å². The monoisotopic (exact) mass is 244 g/mol. The van der Waals surface area contributed by atoms with Gasteiger partial charge in [0.1, 0.15) is 5.82 Å². The molecule has 3 heteroatoms. The van der Waals surface area contributed by atoms with Gasteiger partial charge in [0.05, 0.1) is 6.10 Å². The van der Waals surface area contributed by atoms with E-state index < -0.39 is 6.10 Å². The summed E-state index contributed by atoms with van der Waals surface area (Å²) in [6.07, 6.45) is 0.000926. The molecule has 0 aromatic heterocycles. The van der Waals surface area contributed by atoms with E-state index in [-0.39, 0.29) is 11.7 Å². The fraction of sp³-hybridized carbons (Fsp3) is 0.400.